The Morgan fingerprint density at radius 1 is 1.24 bits per heavy atom. The predicted octanol–water partition coefficient (Wildman–Crippen LogP) is 2.30. The smallest absolute Gasteiger partial charge is 0.122 e. The third-order valence-electron chi connectivity index (χ3n) is 5.22. The number of benzene rings is 1. The minimum atomic E-state index is -0.385. The fourth-order valence-electron chi connectivity index (χ4n) is 3.67. The summed E-state index contributed by atoms with van der Waals surface area (Å²) in [6.07, 6.45) is 5.88. The van der Waals surface area contributed by atoms with Gasteiger partial charge in [0.15, 0.2) is 0 Å². The fourth-order valence-corrected chi connectivity index (χ4v) is 3.67. The molecule has 0 saturated carbocycles. The quantitative estimate of drug-likeness (QED) is 0.839. The van der Waals surface area contributed by atoms with E-state index in [9.17, 15) is 5.11 Å². The van der Waals surface area contributed by atoms with Gasteiger partial charge in [-0.15, -0.1) is 0 Å². The summed E-state index contributed by atoms with van der Waals surface area (Å²) in [5.74, 6) is 1.85. The fraction of sp³-hybridized carbons (Fsp3) is 0.550. The first-order valence-electron chi connectivity index (χ1n) is 9.22. The summed E-state index contributed by atoms with van der Waals surface area (Å²) in [5.41, 5.74) is 1.01. The molecule has 1 saturated heterocycles. The summed E-state index contributed by atoms with van der Waals surface area (Å²) in [4.78, 5) is 9.18. The minimum absolute atomic E-state index is 0.385. The van der Waals surface area contributed by atoms with Crippen LogP contribution in [-0.2, 0) is 13.6 Å². The Bertz CT molecular complexity index is 634. The first kappa shape index (κ1) is 18.1. The van der Waals surface area contributed by atoms with Crippen molar-refractivity contribution in [3.63, 3.8) is 0 Å². The molecule has 136 valence electrons. The van der Waals surface area contributed by atoms with Crippen molar-refractivity contribution < 1.29 is 5.11 Å². The van der Waals surface area contributed by atoms with Crippen LogP contribution in [0.15, 0.2) is 42.7 Å². The topological polar surface area (TPSA) is 44.5 Å². The van der Waals surface area contributed by atoms with Gasteiger partial charge in [-0.2, -0.15) is 0 Å². The van der Waals surface area contributed by atoms with Gasteiger partial charge >= 0.3 is 0 Å². The van der Waals surface area contributed by atoms with Gasteiger partial charge in [0.2, 0.25) is 0 Å². The van der Waals surface area contributed by atoms with Gasteiger partial charge in [0.05, 0.1) is 12.6 Å². The third-order valence-corrected chi connectivity index (χ3v) is 5.22. The van der Waals surface area contributed by atoms with E-state index in [0.29, 0.717) is 0 Å². The van der Waals surface area contributed by atoms with Gasteiger partial charge in [0.25, 0.3) is 0 Å². The molecule has 0 spiro atoms. The van der Waals surface area contributed by atoms with Crippen molar-refractivity contribution in [2.75, 3.05) is 33.2 Å². The number of hydrogen-bond acceptors (Lipinski definition) is 4. The Morgan fingerprint density at radius 3 is 2.60 bits per heavy atom. The molecule has 0 amide bonds. The number of rotatable bonds is 7. The maximum absolute atomic E-state index is 10.4. The Hall–Kier alpha value is -1.69. The molecule has 0 unspecified atom stereocenters. The van der Waals surface area contributed by atoms with E-state index in [1.165, 1.54) is 12.8 Å². The number of hydrogen-bond donors (Lipinski definition) is 1. The Kier molecular flexibility index (Phi) is 6.24. The van der Waals surface area contributed by atoms with Crippen molar-refractivity contribution in [2.45, 2.75) is 25.5 Å². The number of imidazole rings is 1. The maximum atomic E-state index is 10.4. The average Bonchev–Trinajstić information content (AvgIpc) is 3.02. The molecule has 1 aromatic heterocycles. The zero-order valence-corrected chi connectivity index (χ0v) is 15.4. The second kappa shape index (κ2) is 8.61. The van der Waals surface area contributed by atoms with E-state index in [1.54, 1.807) is 0 Å². The lowest BCUT2D eigenvalue weighted by Crippen LogP contribution is -2.39. The molecule has 1 aromatic carbocycles. The monoisotopic (exact) mass is 342 g/mol. The standard InChI is InChI=1S/C20H30N4O/c1-22(16-20-21-10-13-23(20)2)14-17-8-11-24(12-9-17)15-19(25)18-6-4-3-5-7-18/h3-7,10,13,17,19,25H,8-9,11-12,14-16H2,1-2H3/t19-/m1/s1. The van der Waals surface area contributed by atoms with Gasteiger partial charge in [-0.25, -0.2) is 4.98 Å². The molecule has 2 aromatic rings. The van der Waals surface area contributed by atoms with Crippen molar-refractivity contribution in [3.05, 3.63) is 54.1 Å². The highest BCUT2D eigenvalue weighted by molar-refractivity contribution is 5.17. The summed E-state index contributed by atoms with van der Waals surface area (Å²) >= 11 is 0. The van der Waals surface area contributed by atoms with Crippen molar-refractivity contribution in [1.82, 2.24) is 19.4 Å². The van der Waals surface area contributed by atoms with Crippen molar-refractivity contribution >= 4 is 0 Å². The van der Waals surface area contributed by atoms with Crippen LogP contribution in [-0.4, -0.2) is 57.7 Å². The average molecular weight is 342 g/mol. The van der Waals surface area contributed by atoms with Gasteiger partial charge < -0.3 is 14.6 Å². The number of β-amino-alcohol motifs (C(OH)–C–C–N with tert-alkyl or cyclic N) is 1. The number of aromatic nitrogens is 2. The molecular formula is C20H30N4O. The number of nitrogens with zero attached hydrogens (tertiary/aromatic N) is 4. The molecule has 0 radical (unpaired) electrons. The molecule has 25 heavy (non-hydrogen) atoms. The van der Waals surface area contributed by atoms with Gasteiger partial charge in [0, 0.05) is 32.5 Å². The molecule has 0 aliphatic carbocycles. The van der Waals surface area contributed by atoms with Crippen LogP contribution in [0.1, 0.15) is 30.3 Å². The summed E-state index contributed by atoms with van der Waals surface area (Å²) in [6, 6.07) is 9.97. The molecule has 2 heterocycles. The Labute approximate surface area is 150 Å². The number of aliphatic hydroxyl groups is 1. The van der Waals surface area contributed by atoms with Gasteiger partial charge in [0.1, 0.15) is 5.82 Å². The number of likely N-dealkylation sites (tertiary alicyclic amines) is 1. The first-order chi connectivity index (χ1) is 12.1. The molecule has 1 aliphatic heterocycles. The molecule has 0 bridgehead atoms. The maximum Gasteiger partial charge on any atom is 0.122 e. The van der Waals surface area contributed by atoms with Crippen molar-refractivity contribution in [1.29, 1.82) is 0 Å². The SMILES string of the molecule is CN(Cc1nccn1C)CC1CCN(C[C@@H](O)c2ccccc2)CC1. The van der Waals surface area contributed by atoms with Crippen LogP contribution in [0.2, 0.25) is 0 Å². The number of aliphatic hydroxyl groups excluding tert-OH is 1. The Morgan fingerprint density at radius 2 is 1.96 bits per heavy atom. The largest absolute Gasteiger partial charge is 0.387 e. The highest BCUT2D eigenvalue weighted by atomic mass is 16.3. The van der Waals surface area contributed by atoms with Crippen LogP contribution in [0.4, 0.5) is 0 Å². The summed E-state index contributed by atoms with van der Waals surface area (Å²) in [7, 11) is 4.23. The molecule has 5 heteroatoms. The predicted molar refractivity (Wildman–Crippen MR) is 100 cm³/mol. The molecule has 3 rings (SSSR count). The minimum Gasteiger partial charge on any atom is -0.387 e. The molecule has 1 fully saturated rings. The highest BCUT2D eigenvalue weighted by Gasteiger charge is 2.22. The summed E-state index contributed by atoms with van der Waals surface area (Å²) < 4.78 is 2.09. The van der Waals surface area contributed by atoms with Crippen LogP contribution in [0.3, 0.4) is 0 Å². The van der Waals surface area contributed by atoms with E-state index in [-0.39, 0.29) is 6.10 Å². The van der Waals surface area contributed by atoms with Crippen LogP contribution in [0.25, 0.3) is 0 Å². The molecular weight excluding hydrogens is 312 g/mol. The summed E-state index contributed by atoms with van der Waals surface area (Å²) in [6.45, 7) is 4.90. The van der Waals surface area contributed by atoms with Gasteiger partial charge in [-0.3, -0.25) is 4.90 Å². The zero-order valence-electron chi connectivity index (χ0n) is 15.4. The van der Waals surface area contributed by atoms with Crippen LogP contribution >= 0.6 is 0 Å². The van der Waals surface area contributed by atoms with Gasteiger partial charge in [-0.1, -0.05) is 30.3 Å². The van der Waals surface area contributed by atoms with Crippen LogP contribution in [0, 0.1) is 5.92 Å². The lowest BCUT2D eigenvalue weighted by molar-refractivity contribution is 0.0823. The van der Waals surface area contributed by atoms with Crippen molar-refractivity contribution in [2.24, 2.45) is 13.0 Å². The first-order valence-corrected chi connectivity index (χ1v) is 9.22. The molecule has 1 atom stereocenters. The van der Waals surface area contributed by atoms with E-state index in [4.69, 9.17) is 0 Å². The lowest BCUT2D eigenvalue weighted by atomic mass is 9.95. The molecule has 5 nitrogen and oxygen atoms in total. The highest BCUT2D eigenvalue weighted by Crippen LogP contribution is 2.21. The zero-order chi connectivity index (χ0) is 17.6. The third kappa shape index (κ3) is 5.14. The van der Waals surface area contributed by atoms with E-state index in [2.05, 4.69) is 26.4 Å². The number of piperidine rings is 1. The van der Waals surface area contributed by atoms with Crippen molar-refractivity contribution in [3.8, 4) is 0 Å². The van der Waals surface area contributed by atoms with E-state index in [0.717, 1.165) is 50.0 Å². The second-order valence-electron chi connectivity index (χ2n) is 7.32. The van der Waals surface area contributed by atoms with Crippen LogP contribution in [0.5, 0.6) is 0 Å². The normalized spacial score (nSPS) is 17.9. The van der Waals surface area contributed by atoms with E-state index < -0.39 is 0 Å². The Balaban J connectivity index is 1.40. The van der Waals surface area contributed by atoms with Crippen LogP contribution < -0.4 is 0 Å². The number of aryl methyl sites for hydroxylation is 1. The van der Waals surface area contributed by atoms with Gasteiger partial charge in [-0.05, 0) is 44.5 Å². The lowest BCUT2D eigenvalue weighted by Gasteiger charge is -2.34. The summed E-state index contributed by atoms with van der Waals surface area (Å²) in [5, 5.41) is 10.4. The molecule has 1 N–H and O–H groups in total. The van der Waals surface area contributed by atoms with E-state index in [1.807, 2.05) is 49.8 Å². The van der Waals surface area contributed by atoms with E-state index >= 15 is 0 Å². The molecule has 1 aliphatic rings. The second-order valence-corrected chi connectivity index (χ2v) is 7.32.